The molecular weight excluding hydrogens is 268 g/mol. The highest BCUT2D eigenvalue weighted by atomic mass is 16.6. The van der Waals surface area contributed by atoms with Gasteiger partial charge in [0, 0.05) is 19.5 Å². The van der Waals surface area contributed by atoms with Crippen LogP contribution in [-0.4, -0.2) is 50.2 Å². The molecule has 0 aromatic heterocycles. The molecule has 2 rings (SSSR count). The molecule has 5 heteroatoms. The van der Waals surface area contributed by atoms with Crippen molar-refractivity contribution < 1.29 is 14.3 Å². The van der Waals surface area contributed by atoms with Crippen molar-refractivity contribution in [3.8, 4) is 11.5 Å². The molecule has 21 heavy (non-hydrogen) atoms. The smallest absolute Gasteiger partial charge is 0.226 e. The maximum absolute atomic E-state index is 12.3. The van der Waals surface area contributed by atoms with Gasteiger partial charge in [0.2, 0.25) is 5.91 Å². The van der Waals surface area contributed by atoms with E-state index in [1.165, 1.54) is 0 Å². The van der Waals surface area contributed by atoms with Crippen molar-refractivity contribution in [2.24, 2.45) is 5.92 Å². The molecule has 1 aromatic rings. The molecule has 0 radical (unpaired) electrons. The Balaban J connectivity index is 1.86. The van der Waals surface area contributed by atoms with Crippen LogP contribution in [0.3, 0.4) is 0 Å². The molecule has 1 heterocycles. The first-order valence-electron chi connectivity index (χ1n) is 7.46. The minimum atomic E-state index is -0.125. The first-order valence-corrected chi connectivity index (χ1v) is 7.46. The van der Waals surface area contributed by atoms with E-state index in [1.807, 2.05) is 45.2 Å². The lowest BCUT2D eigenvalue weighted by Gasteiger charge is -2.30. The van der Waals surface area contributed by atoms with Crippen LogP contribution in [-0.2, 0) is 4.79 Å². The van der Waals surface area contributed by atoms with Crippen molar-refractivity contribution in [1.29, 1.82) is 0 Å². The number of hydrogen-bond donors (Lipinski definition) is 1. The molecule has 0 aliphatic carbocycles. The number of carbonyl (C=O) groups is 1. The van der Waals surface area contributed by atoms with Gasteiger partial charge in [0.05, 0.1) is 6.54 Å². The molecule has 0 spiro atoms. The van der Waals surface area contributed by atoms with Crippen LogP contribution in [0.15, 0.2) is 24.3 Å². The van der Waals surface area contributed by atoms with Crippen molar-refractivity contribution in [3.63, 3.8) is 0 Å². The second-order valence-electron chi connectivity index (χ2n) is 5.43. The predicted molar refractivity (Wildman–Crippen MR) is 81.7 cm³/mol. The van der Waals surface area contributed by atoms with Gasteiger partial charge < -0.3 is 19.7 Å². The van der Waals surface area contributed by atoms with E-state index in [1.54, 1.807) is 4.90 Å². The maximum atomic E-state index is 12.3. The molecule has 1 aliphatic heterocycles. The molecule has 1 aromatic carbocycles. The Labute approximate surface area is 126 Å². The Hall–Kier alpha value is -1.75. The highest BCUT2D eigenvalue weighted by Crippen LogP contribution is 2.30. The second-order valence-corrected chi connectivity index (χ2v) is 5.43. The summed E-state index contributed by atoms with van der Waals surface area (Å²) in [5.41, 5.74) is 0. The van der Waals surface area contributed by atoms with Crippen molar-refractivity contribution >= 4 is 5.91 Å². The van der Waals surface area contributed by atoms with Gasteiger partial charge in [-0.15, -0.1) is 0 Å². The highest BCUT2D eigenvalue weighted by molar-refractivity contribution is 5.78. The average molecular weight is 292 g/mol. The second kappa shape index (κ2) is 7.31. The summed E-state index contributed by atoms with van der Waals surface area (Å²) >= 11 is 0. The van der Waals surface area contributed by atoms with Gasteiger partial charge in [-0.2, -0.15) is 0 Å². The van der Waals surface area contributed by atoms with Crippen LogP contribution in [0, 0.1) is 5.92 Å². The van der Waals surface area contributed by atoms with Gasteiger partial charge in [-0.3, -0.25) is 4.79 Å². The summed E-state index contributed by atoms with van der Waals surface area (Å²) in [5.74, 6) is 1.60. The number of amides is 1. The number of ether oxygens (including phenoxy) is 2. The minimum Gasteiger partial charge on any atom is -0.486 e. The van der Waals surface area contributed by atoms with Crippen molar-refractivity contribution in [1.82, 2.24) is 10.2 Å². The summed E-state index contributed by atoms with van der Waals surface area (Å²) in [6.07, 6.45) is -0.125. The fourth-order valence-corrected chi connectivity index (χ4v) is 2.37. The van der Waals surface area contributed by atoms with Gasteiger partial charge in [0.15, 0.2) is 17.6 Å². The first kappa shape index (κ1) is 15.6. The number of benzene rings is 1. The Morgan fingerprint density at radius 3 is 2.86 bits per heavy atom. The van der Waals surface area contributed by atoms with Crippen LogP contribution in [0.25, 0.3) is 0 Å². The topological polar surface area (TPSA) is 50.8 Å². The van der Waals surface area contributed by atoms with Crippen LogP contribution in [0.2, 0.25) is 0 Å². The summed E-state index contributed by atoms with van der Waals surface area (Å²) in [6, 6.07) is 7.61. The number of nitrogens with zero attached hydrogens (tertiary/aromatic N) is 1. The standard InChI is InChI=1S/C16H24N2O3/c1-4-17-9-12(2)16(19)18(3)10-13-11-20-14-7-5-6-8-15(14)21-13/h5-8,12-13,17H,4,9-11H2,1-3H3. The summed E-state index contributed by atoms with van der Waals surface area (Å²) in [4.78, 5) is 14.0. The van der Waals surface area contributed by atoms with Crippen molar-refractivity contribution in [2.45, 2.75) is 20.0 Å². The molecule has 1 amide bonds. The van der Waals surface area contributed by atoms with E-state index in [9.17, 15) is 4.79 Å². The minimum absolute atomic E-state index is 0.0354. The summed E-state index contributed by atoms with van der Waals surface area (Å²) < 4.78 is 11.5. The largest absolute Gasteiger partial charge is 0.486 e. The fraction of sp³-hybridized carbons (Fsp3) is 0.562. The molecule has 0 bridgehead atoms. The van der Waals surface area contributed by atoms with Crippen LogP contribution >= 0.6 is 0 Å². The Kier molecular flexibility index (Phi) is 5.44. The zero-order chi connectivity index (χ0) is 15.2. The lowest BCUT2D eigenvalue weighted by molar-refractivity contribution is -0.134. The highest BCUT2D eigenvalue weighted by Gasteiger charge is 2.25. The zero-order valence-electron chi connectivity index (χ0n) is 13.0. The molecule has 0 saturated heterocycles. The van der Waals surface area contributed by atoms with E-state index >= 15 is 0 Å². The van der Waals surface area contributed by atoms with Crippen LogP contribution < -0.4 is 14.8 Å². The van der Waals surface area contributed by atoms with Crippen LogP contribution in [0.5, 0.6) is 11.5 Å². The van der Waals surface area contributed by atoms with Gasteiger partial charge >= 0.3 is 0 Å². The average Bonchev–Trinajstić information content (AvgIpc) is 2.51. The number of hydrogen-bond acceptors (Lipinski definition) is 4. The molecule has 0 fully saturated rings. The van der Waals surface area contributed by atoms with Gasteiger partial charge in [-0.1, -0.05) is 26.0 Å². The Morgan fingerprint density at radius 2 is 2.14 bits per heavy atom. The molecule has 2 atom stereocenters. The number of fused-ring (bicyclic) bond motifs is 1. The molecule has 116 valence electrons. The van der Waals surface area contributed by atoms with Gasteiger partial charge in [0.1, 0.15) is 6.61 Å². The van der Waals surface area contributed by atoms with E-state index < -0.39 is 0 Å². The zero-order valence-corrected chi connectivity index (χ0v) is 13.0. The summed E-state index contributed by atoms with van der Waals surface area (Å²) in [7, 11) is 1.81. The van der Waals surface area contributed by atoms with Gasteiger partial charge in [-0.05, 0) is 18.7 Å². The molecule has 5 nitrogen and oxygen atoms in total. The van der Waals surface area contributed by atoms with Crippen LogP contribution in [0.4, 0.5) is 0 Å². The fourth-order valence-electron chi connectivity index (χ4n) is 2.37. The Bertz CT molecular complexity index is 478. The third-order valence-corrected chi connectivity index (χ3v) is 3.54. The molecule has 0 saturated carbocycles. The number of rotatable bonds is 6. The lowest BCUT2D eigenvalue weighted by atomic mass is 10.1. The van der Waals surface area contributed by atoms with E-state index in [-0.39, 0.29) is 17.9 Å². The van der Waals surface area contributed by atoms with E-state index in [4.69, 9.17) is 9.47 Å². The summed E-state index contributed by atoms with van der Waals surface area (Å²) in [5, 5.41) is 3.20. The van der Waals surface area contributed by atoms with E-state index in [2.05, 4.69) is 5.32 Å². The molecule has 1 aliphatic rings. The van der Waals surface area contributed by atoms with Crippen molar-refractivity contribution in [2.75, 3.05) is 33.3 Å². The third kappa shape index (κ3) is 4.11. The lowest BCUT2D eigenvalue weighted by Crippen LogP contribution is -2.44. The van der Waals surface area contributed by atoms with Crippen LogP contribution in [0.1, 0.15) is 13.8 Å². The quantitative estimate of drug-likeness (QED) is 0.864. The monoisotopic (exact) mass is 292 g/mol. The Morgan fingerprint density at radius 1 is 1.43 bits per heavy atom. The number of carbonyl (C=O) groups excluding carboxylic acids is 1. The summed E-state index contributed by atoms with van der Waals surface area (Å²) in [6.45, 7) is 6.54. The number of nitrogens with one attached hydrogen (secondary N) is 1. The first-order chi connectivity index (χ1) is 10.1. The van der Waals surface area contributed by atoms with E-state index in [0.29, 0.717) is 19.7 Å². The normalized spacial score (nSPS) is 18.1. The van der Waals surface area contributed by atoms with Gasteiger partial charge in [0.25, 0.3) is 0 Å². The maximum Gasteiger partial charge on any atom is 0.226 e. The molecule has 2 unspecified atom stereocenters. The predicted octanol–water partition coefficient (Wildman–Crippen LogP) is 1.53. The third-order valence-electron chi connectivity index (χ3n) is 3.54. The SMILES string of the molecule is CCNCC(C)C(=O)N(C)CC1COc2ccccc2O1. The van der Waals surface area contributed by atoms with Crippen molar-refractivity contribution in [3.05, 3.63) is 24.3 Å². The molecular formula is C16H24N2O3. The van der Waals surface area contributed by atoms with Gasteiger partial charge in [-0.25, -0.2) is 0 Å². The molecule has 1 N–H and O–H groups in total. The number of para-hydroxylation sites is 2. The number of likely N-dealkylation sites (N-methyl/N-ethyl adjacent to an activating group) is 1. The van der Waals surface area contributed by atoms with E-state index in [0.717, 1.165) is 18.0 Å².